The molecule has 1 aliphatic heterocycles. The van der Waals surface area contributed by atoms with Crippen LogP contribution in [0.3, 0.4) is 0 Å². The number of amides is 1. The number of nitrogens with two attached hydrogens (primary N) is 2. The number of hydrazone groups is 1. The zero-order valence-corrected chi connectivity index (χ0v) is 9.09. The molecule has 1 amide bonds. The zero-order valence-electron chi connectivity index (χ0n) is 8.27. The monoisotopic (exact) mass is 216 g/mol. The first-order chi connectivity index (χ1) is 6.65. The van der Waals surface area contributed by atoms with Crippen molar-refractivity contribution in [2.75, 3.05) is 13.1 Å². The first-order valence-electron chi connectivity index (χ1n) is 4.64. The molecule has 0 aromatic heterocycles. The second-order valence-corrected chi connectivity index (χ2v) is 4.62. The van der Waals surface area contributed by atoms with Crippen molar-refractivity contribution in [2.24, 2.45) is 16.7 Å². The van der Waals surface area contributed by atoms with Gasteiger partial charge in [-0.25, -0.2) is 0 Å². The lowest BCUT2D eigenvalue weighted by Gasteiger charge is -2.19. The van der Waals surface area contributed by atoms with Crippen LogP contribution in [0.4, 0.5) is 0 Å². The average Bonchev–Trinajstić information content (AvgIpc) is 2.69. The fourth-order valence-electron chi connectivity index (χ4n) is 1.46. The van der Waals surface area contributed by atoms with Crippen LogP contribution in [0.15, 0.2) is 5.10 Å². The molecule has 0 radical (unpaired) electrons. The lowest BCUT2D eigenvalue weighted by atomic mass is 10.4. The van der Waals surface area contributed by atoms with Gasteiger partial charge in [0, 0.05) is 13.1 Å². The fourth-order valence-corrected chi connectivity index (χ4v) is 2.13. The number of carbonyl (C=O) groups excluding carboxylic acids is 1. The molecule has 14 heavy (non-hydrogen) atoms. The molecule has 0 bridgehead atoms. The maximum atomic E-state index is 11.8. The van der Waals surface area contributed by atoms with Crippen molar-refractivity contribution in [2.45, 2.75) is 25.0 Å². The van der Waals surface area contributed by atoms with Crippen molar-refractivity contribution < 1.29 is 4.79 Å². The molecule has 0 aromatic rings. The van der Waals surface area contributed by atoms with E-state index in [1.54, 1.807) is 0 Å². The molecule has 1 rings (SSSR count). The van der Waals surface area contributed by atoms with E-state index < -0.39 is 0 Å². The maximum Gasteiger partial charge on any atom is 0.235 e. The third-order valence-electron chi connectivity index (χ3n) is 2.19. The largest absolute Gasteiger partial charge is 0.377 e. The minimum atomic E-state index is -0.194. The van der Waals surface area contributed by atoms with E-state index in [1.165, 1.54) is 11.8 Å². The van der Waals surface area contributed by atoms with E-state index in [4.69, 9.17) is 11.6 Å². The number of likely N-dealkylation sites (tertiary alicyclic amines) is 1. The van der Waals surface area contributed by atoms with Gasteiger partial charge in [0.25, 0.3) is 0 Å². The molecule has 1 saturated heterocycles. The van der Waals surface area contributed by atoms with E-state index in [2.05, 4.69) is 5.10 Å². The molecule has 1 heterocycles. The number of hydrogen-bond acceptors (Lipinski definition) is 4. The summed E-state index contributed by atoms with van der Waals surface area (Å²) in [7, 11) is 0. The Morgan fingerprint density at radius 2 is 2.07 bits per heavy atom. The van der Waals surface area contributed by atoms with Crippen LogP contribution in [0, 0.1) is 0 Å². The van der Waals surface area contributed by atoms with E-state index >= 15 is 0 Å². The highest BCUT2D eigenvalue weighted by atomic mass is 32.2. The van der Waals surface area contributed by atoms with Crippen LogP contribution in [0.25, 0.3) is 0 Å². The van der Waals surface area contributed by atoms with E-state index in [0.29, 0.717) is 0 Å². The molecule has 1 aliphatic rings. The molecule has 0 saturated carbocycles. The highest BCUT2D eigenvalue weighted by molar-refractivity contribution is 8.14. The van der Waals surface area contributed by atoms with Gasteiger partial charge in [0.15, 0.2) is 5.17 Å². The molecular weight excluding hydrogens is 200 g/mol. The summed E-state index contributed by atoms with van der Waals surface area (Å²) >= 11 is 1.21. The van der Waals surface area contributed by atoms with Crippen LogP contribution in [0.2, 0.25) is 0 Å². The summed E-state index contributed by atoms with van der Waals surface area (Å²) < 4.78 is 0. The van der Waals surface area contributed by atoms with Crippen molar-refractivity contribution in [1.29, 1.82) is 0 Å². The second kappa shape index (κ2) is 5.09. The zero-order chi connectivity index (χ0) is 10.6. The Morgan fingerprint density at radius 3 is 2.57 bits per heavy atom. The van der Waals surface area contributed by atoms with E-state index in [0.717, 1.165) is 25.9 Å². The van der Waals surface area contributed by atoms with Crippen molar-refractivity contribution in [3.05, 3.63) is 0 Å². The van der Waals surface area contributed by atoms with Crippen LogP contribution >= 0.6 is 11.8 Å². The van der Waals surface area contributed by atoms with E-state index in [-0.39, 0.29) is 16.3 Å². The highest BCUT2D eigenvalue weighted by Crippen LogP contribution is 2.16. The van der Waals surface area contributed by atoms with Crippen LogP contribution in [0.5, 0.6) is 0 Å². The molecule has 6 heteroatoms. The molecule has 0 aliphatic carbocycles. The summed E-state index contributed by atoms with van der Waals surface area (Å²) in [6.45, 7) is 3.55. The molecule has 5 nitrogen and oxygen atoms in total. The van der Waals surface area contributed by atoms with Crippen LogP contribution in [-0.2, 0) is 4.79 Å². The minimum Gasteiger partial charge on any atom is -0.377 e. The Balaban J connectivity index is 2.43. The summed E-state index contributed by atoms with van der Waals surface area (Å²) in [4.78, 5) is 13.6. The predicted molar refractivity (Wildman–Crippen MR) is 58.7 cm³/mol. The highest BCUT2D eigenvalue weighted by Gasteiger charge is 2.24. The predicted octanol–water partition coefficient (Wildman–Crippen LogP) is -0.0811. The number of thioether (sulfide) groups is 1. The van der Waals surface area contributed by atoms with Gasteiger partial charge < -0.3 is 16.5 Å². The average molecular weight is 216 g/mol. The van der Waals surface area contributed by atoms with Crippen molar-refractivity contribution in [3.8, 4) is 0 Å². The van der Waals surface area contributed by atoms with E-state index in [9.17, 15) is 4.79 Å². The van der Waals surface area contributed by atoms with Gasteiger partial charge in [-0.15, -0.1) is 0 Å². The molecule has 0 aromatic carbocycles. The van der Waals surface area contributed by atoms with Gasteiger partial charge in [-0.1, -0.05) is 11.8 Å². The molecular formula is C8H16N4OS. The minimum absolute atomic E-state index is 0.124. The molecule has 80 valence electrons. The van der Waals surface area contributed by atoms with Crippen LogP contribution in [-0.4, -0.2) is 34.3 Å². The quantitative estimate of drug-likeness (QED) is 0.292. The summed E-state index contributed by atoms with van der Waals surface area (Å²) in [5.74, 6) is 5.12. The van der Waals surface area contributed by atoms with Crippen molar-refractivity contribution in [3.63, 3.8) is 0 Å². The Labute approximate surface area is 87.9 Å². The van der Waals surface area contributed by atoms with Crippen molar-refractivity contribution in [1.82, 2.24) is 4.90 Å². The van der Waals surface area contributed by atoms with Gasteiger partial charge in [-0.2, -0.15) is 5.10 Å². The molecule has 1 fully saturated rings. The third kappa shape index (κ3) is 2.80. The fraction of sp³-hybridized carbons (Fsp3) is 0.750. The first kappa shape index (κ1) is 11.2. The van der Waals surface area contributed by atoms with Gasteiger partial charge in [-0.3, -0.25) is 4.79 Å². The van der Waals surface area contributed by atoms with Gasteiger partial charge in [-0.05, 0) is 19.8 Å². The van der Waals surface area contributed by atoms with Crippen LogP contribution < -0.4 is 11.6 Å². The SMILES string of the molecule is CC(SC(N)=NN)C(=O)N1CCCC1. The molecule has 4 N–H and O–H groups in total. The van der Waals surface area contributed by atoms with Gasteiger partial charge in [0.05, 0.1) is 5.25 Å². The number of rotatable bonds is 2. The lowest BCUT2D eigenvalue weighted by Crippen LogP contribution is -2.35. The third-order valence-corrected chi connectivity index (χ3v) is 3.09. The van der Waals surface area contributed by atoms with Crippen molar-refractivity contribution >= 4 is 22.8 Å². The smallest absolute Gasteiger partial charge is 0.235 e. The van der Waals surface area contributed by atoms with E-state index in [1.807, 2.05) is 11.8 Å². The maximum absolute atomic E-state index is 11.8. The summed E-state index contributed by atoms with van der Waals surface area (Å²) in [5, 5.41) is 3.38. The normalized spacial score (nSPS) is 19.8. The lowest BCUT2D eigenvalue weighted by molar-refractivity contribution is -0.129. The van der Waals surface area contributed by atoms with Crippen LogP contribution in [0.1, 0.15) is 19.8 Å². The van der Waals surface area contributed by atoms with Gasteiger partial charge in [0.2, 0.25) is 5.91 Å². The van der Waals surface area contributed by atoms with Gasteiger partial charge in [0.1, 0.15) is 0 Å². The van der Waals surface area contributed by atoms with Gasteiger partial charge >= 0.3 is 0 Å². The topological polar surface area (TPSA) is 84.7 Å². The molecule has 0 spiro atoms. The Kier molecular flexibility index (Phi) is 4.06. The number of carbonyl (C=O) groups is 1. The summed E-state index contributed by atoms with van der Waals surface area (Å²) in [6.07, 6.45) is 2.20. The molecule has 1 unspecified atom stereocenters. The second-order valence-electron chi connectivity index (χ2n) is 3.26. The number of hydrogen-bond donors (Lipinski definition) is 2. The standard InChI is InChI=1S/C8H16N4OS/c1-6(14-8(9)11-10)7(13)12-4-2-3-5-12/h6H,2-5,10H2,1H3,(H2,9,11). The Morgan fingerprint density at radius 1 is 1.50 bits per heavy atom. The first-order valence-corrected chi connectivity index (χ1v) is 5.52. The molecule has 1 atom stereocenters. The summed E-state index contributed by atoms with van der Waals surface area (Å²) in [6, 6.07) is 0. The number of nitrogens with zero attached hydrogens (tertiary/aromatic N) is 2. The summed E-state index contributed by atoms with van der Waals surface area (Å²) in [5.41, 5.74) is 5.43. The Bertz CT molecular complexity index is 237. The number of amidine groups is 1. The Hall–Kier alpha value is -0.910.